The van der Waals surface area contributed by atoms with Gasteiger partial charge in [0.15, 0.2) is 0 Å². The molecule has 1 fully saturated rings. The van der Waals surface area contributed by atoms with Gasteiger partial charge in [0.1, 0.15) is 0 Å². The highest BCUT2D eigenvalue weighted by Crippen LogP contribution is 2.21. The van der Waals surface area contributed by atoms with Crippen LogP contribution in [0.3, 0.4) is 0 Å². The molecule has 0 aromatic heterocycles. The highest BCUT2D eigenvalue weighted by molar-refractivity contribution is 5.95. The van der Waals surface area contributed by atoms with E-state index in [-0.39, 0.29) is 5.91 Å². The van der Waals surface area contributed by atoms with E-state index in [1.807, 2.05) is 25.2 Å². The average Bonchev–Trinajstić information content (AvgIpc) is 2.70. The number of amides is 1. The fraction of sp³-hybridized carbons (Fsp3) is 0.562. The first-order valence-corrected chi connectivity index (χ1v) is 7.51. The van der Waals surface area contributed by atoms with Crippen molar-refractivity contribution in [1.82, 2.24) is 4.90 Å². The molecule has 4 nitrogen and oxygen atoms in total. The van der Waals surface area contributed by atoms with Gasteiger partial charge < -0.3 is 11.1 Å². The molecular weight excluding hydrogens is 250 g/mol. The molecule has 1 aliphatic rings. The second kappa shape index (κ2) is 7.29. The normalized spacial score (nSPS) is 16.9. The van der Waals surface area contributed by atoms with E-state index in [9.17, 15) is 4.79 Å². The number of rotatable bonds is 4. The topological polar surface area (TPSA) is 58.4 Å². The van der Waals surface area contributed by atoms with Crippen LogP contribution in [0.4, 0.5) is 11.4 Å². The molecule has 3 N–H and O–H groups in total. The van der Waals surface area contributed by atoms with Crippen molar-refractivity contribution in [1.29, 1.82) is 0 Å². The summed E-state index contributed by atoms with van der Waals surface area (Å²) in [5.41, 5.74) is 7.14. The molecule has 1 amide bonds. The fourth-order valence-corrected chi connectivity index (χ4v) is 2.85. The minimum Gasteiger partial charge on any atom is -0.397 e. The molecule has 0 unspecified atom stereocenters. The van der Waals surface area contributed by atoms with Gasteiger partial charge in [0.2, 0.25) is 5.91 Å². The fourth-order valence-electron chi connectivity index (χ4n) is 2.85. The Labute approximate surface area is 121 Å². The van der Waals surface area contributed by atoms with Gasteiger partial charge in [-0.15, -0.1) is 0 Å². The molecule has 0 radical (unpaired) electrons. The van der Waals surface area contributed by atoms with E-state index >= 15 is 0 Å². The first kappa shape index (κ1) is 14.9. The molecule has 0 atom stereocenters. The van der Waals surface area contributed by atoms with Crippen LogP contribution in [-0.4, -0.2) is 30.4 Å². The van der Waals surface area contributed by atoms with Crippen LogP contribution in [0.5, 0.6) is 0 Å². The maximum atomic E-state index is 12.1. The number of carbonyl (C=O) groups excluding carboxylic acids is 1. The van der Waals surface area contributed by atoms with Crippen LogP contribution in [0, 0.1) is 0 Å². The summed E-state index contributed by atoms with van der Waals surface area (Å²) < 4.78 is 0. The number of nitrogen functional groups attached to an aromatic ring is 1. The maximum Gasteiger partial charge on any atom is 0.238 e. The number of nitrogens with zero attached hydrogens (tertiary/aromatic N) is 1. The lowest BCUT2D eigenvalue weighted by Crippen LogP contribution is -2.37. The van der Waals surface area contributed by atoms with Crippen molar-refractivity contribution in [2.45, 2.75) is 44.6 Å². The summed E-state index contributed by atoms with van der Waals surface area (Å²) in [6.45, 7) is 0.430. The molecule has 4 heteroatoms. The van der Waals surface area contributed by atoms with Gasteiger partial charge in [-0.25, -0.2) is 0 Å². The Kier molecular flexibility index (Phi) is 5.41. The zero-order valence-electron chi connectivity index (χ0n) is 12.3. The summed E-state index contributed by atoms with van der Waals surface area (Å²) in [5.74, 6) is 0.00893. The molecule has 1 aromatic carbocycles. The monoisotopic (exact) mass is 275 g/mol. The zero-order valence-corrected chi connectivity index (χ0v) is 12.3. The van der Waals surface area contributed by atoms with Gasteiger partial charge in [0, 0.05) is 6.04 Å². The van der Waals surface area contributed by atoms with Crippen LogP contribution in [0.2, 0.25) is 0 Å². The first-order valence-electron chi connectivity index (χ1n) is 7.51. The molecule has 20 heavy (non-hydrogen) atoms. The van der Waals surface area contributed by atoms with Gasteiger partial charge in [0.25, 0.3) is 0 Å². The predicted octanol–water partition coefficient (Wildman–Crippen LogP) is 2.86. The van der Waals surface area contributed by atoms with Gasteiger partial charge in [-0.05, 0) is 32.0 Å². The summed E-state index contributed by atoms with van der Waals surface area (Å²) in [6, 6.07) is 7.91. The molecule has 2 rings (SSSR count). The first-order chi connectivity index (χ1) is 9.66. The van der Waals surface area contributed by atoms with Gasteiger partial charge in [-0.1, -0.05) is 37.8 Å². The van der Waals surface area contributed by atoms with Gasteiger partial charge in [-0.2, -0.15) is 0 Å². The van der Waals surface area contributed by atoms with Gasteiger partial charge in [0.05, 0.1) is 17.9 Å². The largest absolute Gasteiger partial charge is 0.397 e. The zero-order chi connectivity index (χ0) is 14.4. The van der Waals surface area contributed by atoms with E-state index < -0.39 is 0 Å². The Morgan fingerprint density at radius 1 is 1.25 bits per heavy atom. The Morgan fingerprint density at radius 3 is 2.55 bits per heavy atom. The molecular formula is C16H25N3O. The second-order valence-corrected chi connectivity index (χ2v) is 5.70. The van der Waals surface area contributed by atoms with Crippen molar-refractivity contribution in [3.63, 3.8) is 0 Å². The Balaban J connectivity index is 1.85. The van der Waals surface area contributed by atoms with Crippen LogP contribution in [0.1, 0.15) is 38.5 Å². The summed E-state index contributed by atoms with van der Waals surface area (Å²) >= 11 is 0. The Bertz CT molecular complexity index is 439. The minimum atomic E-state index is 0.00893. The molecule has 0 saturated heterocycles. The van der Waals surface area contributed by atoms with Gasteiger partial charge >= 0.3 is 0 Å². The Hall–Kier alpha value is -1.55. The highest BCUT2D eigenvalue weighted by Gasteiger charge is 2.19. The number of nitrogens with two attached hydrogens (primary N) is 1. The van der Waals surface area contributed by atoms with Crippen molar-refractivity contribution in [2.24, 2.45) is 0 Å². The van der Waals surface area contributed by atoms with E-state index in [4.69, 9.17) is 5.73 Å². The standard InChI is InChI=1S/C16H25N3O/c1-19(13-8-4-2-3-5-9-13)12-16(20)18-15-11-7-6-10-14(15)17/h6-7,10-11,13H,2-5,8-9,12,17H2,1H3,(H,18,20). The van der Waals surface area contributed by atoms with Crippen molar-refractivity contribution in [3.05, 3.63) is 24.3 Å². The van der Waals surface area contributed by atoms with Crippen molar-refractivity contribution in [2.75, 3.05) is 24.6 Å². The van der Waals surface area contributed by atoms with E-state index in [1.54, 1.807) is 6.07 Å². The minimum absolute atomic E-state index is 0.00893. The highest BCUT2D eigenvalue weighted by atomic mass is 16.2. The van der Waals surface area contributed by atoms with Crippen molar-refractivity contribution < 1.29 is 4.79 Å². The number of benzene rings is 1. The lowest BCUT2D eigenvalue weighted by molar-refractivity contribution is -0.117. The van der Waals surface area contributed by atoms with Crippen LogP contribution in [-0.2, 0) is 4.79 Å². The molecule has 110 valence electrons. The molecule has 0 spiro atoms. The third kappa shape index (κ3) is 4.23. The number of hydrogen-bond donors (Lipinski definition) is 2. The lowest BCUT2D eigenvalue weighted by Gasteiger charge is -2.26. The van der Waals surface area contributed by atoms with E-state index in [0.29, 0.717) is 24.0 Å². The number of hydrogen-bond acceptors (Lipinski definition) is 3. The Morgan fingerprint density at radius 2 is 1.90 bits per heavy atom. The molecule has 0 heterocycles. The van der Waals surface area contributed by atoms with Crippen LogP contribution in [0.15, 0.2) is 24.3 Å². The maximum absolute atomic E-state index is 12.1. The SMILES string of the molecule is CN(CC(=O)Nc1ccccc1N)C1CCCCCC1. The smallest absolute Gasteiger partial charge is 0.238 e. The summed E-state index contributed by atoms with van der Waals surface area (Å²) in [4.78, 5) is 14.3. The summed E-state index contributed by atoms with van der Waals surface area (Å²) in [5, 5.41) is 2.89. The molecule has 0 aliphatic heterocycles. The third-order valence-corrected chi connectivity index (χ3v) is 4.08. The van der Waals surface area contributed by atoms with Crippen LogP contribution < -0.4 is 11.1 Å². The van der Waals surface area contributed by atoms with E-state index in [1.165, 1.54) is 38.5 Å². The molecule has 1 aliphatic carbocycles. The average molecular weight is 275 g/mol. The lowest BCUT2D eigenvalue weighted by atomic mass is 10.1. The van der Waals surface area contributed by atoms with Crippen molar-refractivity contribution in [3.8, 4) is 0 Å². The number of anilines is 2. The number of para-hydroxylation sites is 2. The second-order valence-electron chi connectivity index (χ2n) is 5.70. The molecule has 1 aromatic rings. The predicted molar refractivity (Wildman–Crippen MR) is 83.6 cm³/mol. The molecule has 1 saturated carbocycles. The molecule has 0 bridgehead atoms. The summed E-state index contributed by atoms with van der Waals surface area (Å²) in [7, 11) is 2.05. The summed E-state index contributed by atoms with van der Waals surface area (Å²) in [6.07, 6.45) is 7.63. The quantitative estimate of drug-likeness (QED) is 0.656. The number of nitrogens with one attached hydrogen (secondary N) is 1. The number of carbonyl (C=O) groups is 1. The van der Waals surface area contributed by atoms with E-state index in [2.05, 4.69) is 10.2 Å². The van der Waals surface area contributed by atoms with Gasteiger partial charge in [-0.3, -0.25) is 9.69 Å². The van der Waals surface area contributed by atoms with Crippen molar-refractivity contribution >= 4 is 17.3 Å². The third-order valence-electron chi connectivity index (χ3n) is 4.08. The van der Waals surface area contributed by atoms with Crippen LogP contribution >= 0.6 is 0 Å². The van der Waals surface area contributed by atoms with E-state index in [0.717, 1.165) is 0 Å². The van der Waals surface area contributed by atoms with Crippen LogP contribution in [0.25, 0.3) is 0 Å². The number of likely N-dealkylation sites (N-methyl/N-ethyl adjacent to an activating group) is 1.